The normalized spacial score (nSPS) is 19.3. The zero-order valence-corrected chi connectivity index (χ0v) is 12.0. The van der Waals surface area contributed by atoms with E-state index in [1.807, 2.05) is 23.9 Å². The average molecular weight is 273 g/mol. The first-order chi connectivity index (χ1) is 9.33. The molecule has 0 radical (unpaired) electrons. The number of hydrogen-bond donors (Lipinski definition) is 1. The molecule has 2 aromatic rings. The highest BCUT2D eigenvalue weighted by molar-refractivity contribution is 7.99. The molecule has 0 saturated heterocycles. The monoisotopic (exact) mass is 273 g/mol. The molecule has 2 nitrogen and oxygen atoms in total. The van der Waals surface area contributed by atoms with E-state index in [1.54, 1.807) is 6.26 Å². The Kier molecular flexibility index (Phi) is 3.95. The van der Waals surface area contributed by atoms with E-state index < -0.39 is 0 Å². The lowest BCUT2D eigenvalue weighted by Crippen LogP contribution is -2.31. The summed E-state index contributed by atoms with van der Waals surface area (Å²) in [5.41, 5.74) is 1.46. The molecule has 0 saturated carbocycles. The maximum absolute atomic E-state index is 5.38. The first-order valence-corrected chi connectivity index (χ1v) is 7.81. The number of furan rings is 1. The van der Waals surface area contributed by atoms with E-state index in [9.17, 15) is 0 Å². The molecule has 2 unspecified atom stereocenters. The predicted octanol–water partition coefficient (Wildman–Crippen LogP) is 4.04. The Morgan fingerprint density at radius 3 is 3.05 bits per heavy atom. The molecule has 2 heterocycles. The molecule has 0 spiro atoms. The van der Waals surface area contributed by atoms with E-state index >= 15 is 0 Å². The van der Waals surface area contributed by atoms with Crippen LogP contribution in [0.4, 0.5) is 0 Å². The van der Waals surface area contributed by atoms with E-state index in [2.05, 4.69) is 36.5 Å². The smallest absolute Gasteiger partial charge is 0.103 e. The molecule has 3 heteroatoms. The summed E-state index contributed by atoms with van der Waals surface area (Å²) in [6.45, 7) is 2.26. The van der Waals surface area contributed by atoms with Crippen LogP contribution in [0.1, 0.15) is 30.7 Å². The molecule has 1 aliphatic heterocycles. The van der Waals surface area contributed by atoms with Crippen molar-refractivity contribution in [1.29, 1.82) is 0 Å². The summed E-state index contributed by atoms with van der Waals surface area (Å²) in [5, 5.41) is 3.73. The zero-order chi connectivity index (χ0) is 13.1. The topological polar surface area (TPSA) is 25.2 Å². The molecule has 1 aliphatic rings. The van der Waals surface area contributed by atoms with Gasteiger partial charge in [-0.2, -0.15) is 0 Å². The van der Waals surface area contributed by atoms with Crippen LogP contribution < -0.4 is 5.32 Å². The number of hydrogen-bond acceptors (Lipinski definition) is 3. The Hall–Kier alpha value is -1.19. The van der Waals surface area contributed by atoms with Gasteiger partial charge in [-0.1, -0.05) is 18.2 Å². The van der Waals surface area contributed by atoms with Crippen LogP contribution in [0.3, 0.4) is 0 Å². The number of aryl methyl sites for hydroxylation is 1. The van der Waals surface area contributed by atoms with Crippen LogP contribution in [0, 0.1) is 0 Å². The second kappa shape index (κ2) is 5.85. The Morgan fingerprint density at radius 2 is 2.21 bits per heavy atom. The average Bonchev–Trinajstić information content (AvgIpc) is 3.07. The number of fused-ring (bicyclic) bond motifs is 1. The summed E-state index contributed by atoms with van der Waals surface area (Å²) in [6, 6.07) is 13.7. The summed E-state index contributed by atoms with van der Waals surface area (Å²) in [6.07, 6.45) is 3.86. The van der Waals surface area contributed by atoms with Crippen molar-refractivity contribution in [3.8, 4) is 0 Å². The standard InChI is InChI=1S/C16H19NOS/c1-12(8-9-13-5-4-10-18-13)17-15-11-19-16-7-3-2-6-14(15)16/h2-7,10,12,15,17H,8-9,11H2,1H3. The van der Waals surface area contributed by atoms with E-state index in [-0.39, 0.29) is 0 Å². The van der Waals surface area contributed by atoms with Crippen LogP contribution in [0.15, 0.2) is 52.0 Å². The Bertz CT molecular complexity index is 523. The first-order valence-electron chi connectivity index (χ1n) is 6.83. The van der Waals surface area contributed by atoms with Crippen LogP contribution in [0.25, 0.3) is 0 Å². The molecule has 1 N–H and O–H groups in total. The van der Waals surface area contributed by atoms with Gasteiger partial charge in [-0.3, -0.25) is 0 Å². The molecule has 3 rings (SSSR count). The molecular formula is C16H19NOS. The number of nitrogens with one attached hydrogen (secondary N) is 1. The lowest BCUT2D eigenvalue weighted by atomic mass is 10.1. The number of rotatable bonds is 5. The van der Waals surface area contributed by atoms with Gasteiger partial charge in [-0.25, -0.2) is 0 Å². The van der Waals surface area contributed by atoms with Crippen LogP contribution in [-0.4, -0.2) is 11.8 Å². The van der Waals surface area contributed by atoms with Crippen molar-refractivity contribution in [3.63, 3.8) is 0 Å². The van der Waals surface area contributed by atoms with Gasteiger partial charge in [0.25, 0.3) is 0 Å². The summed E-state index contributed by atoms with van der Waals surface area (Å²) in [5.74, 6) is 2.22. The minimum Gasteiger partial charge on any atom is -0.469 e. The first kappa shape index (κ1) is 12.8. The lowest BCUT2D eigenvalue weighted by molar-refractivity contribution is 0.434. The van der Waals surface area contributed by atoms with Crippen LogP contribution in [0.5, 0.6) is 0 Å². The Morgan fingerprint density at radius 1 is 1.32 bits per heavy atom. The number of thioether (sulfide) groups is 1. The van der Waals surface area contributed by atoms with Crippen molar-refractivity contribution in [2.45, 2.75) is 36.7 Å². The fourth-order valence-electron chi connectivity index (χ4n) is 2.54. The molecule has 100 valence electrons. The molecule has 2 atom stereocenters. The molecular weight excluding hydrogens is 254 g/mol. The molecule has 0 fully saturated rings. The van der Waals surface area contributed by atoms with Gasteiger partial charge in [0.2, 0.25) is 0 Å². The second-order valence-corrected chi connectivity index (χ2v) is 6.15. The highest BCUT2D eigenvalue weighted by atomic mass is 32.2. The third-order valence-electron chi connectivity index (χ3n) is 3.59. The maximum Gasteiger partial charge on any atom is 0.103 e. The Labute approximate surface area is 118 Å². The summed E-state index contributed by atoms with van der Waals surface area (Å²) in [7, 11) is 0. The van der Waals surface area contributed by atoms with Gasteiger partial charge in [0, 0.05) is 29.2 Å². The summed E-state index contributed by atoms with van der Waals surface area (Å²) >= 11 is 1.95. The highest BCUT2D eigenvalue weighted by Gasteiger charge is 2.23. The van der Waals surface area contributed by atoms with Crippen molar-refractivity contribution in [2.24, 2.45) is 0 Å². The number of benzene rings is 1. The van der Waals surface area contributed by atoms with Crippen LogP contribution in [-0.2, 0) is 6.42 Å². The van der Waals surface area contributed by atoms with Crippen molar-refractivity contribution in [3.05, 3.63) is 54.0 Å². The lowest BCUT2D eigenvalue weighted by Gasteiger charge is -2.19. The van der Waals surface area contributed by atoms with E-state index in [1.165, 1.54) is 10.5 Å². The van der Waals surface area contributed by atoms with E-state index in [0.29, 0.717) is 12.1 Å². The van der Waals surface area contributed by atoms with Gasteiger partial charge in [-0.05, 0) is 37.1 Å². The van der Waals surface area contributed by atoms with Crippen molar-refractivity contribution >= 4 is 11.8 Å². The summed E-state index contributed by atoms with van der Waals surface area (Å²) in [4.78, 5) is 1.43. The molecule has 1 aromatic carbocycles. The van der Waals surface area contributed by atoms with Crippen LogP contribution >= 0.6 is 11.8 Å². The molecule has 0 amide bonds. The highest BCUT2D eigenvalue weighted by Crippen LogP contribution is 2.37. The second-order valence-electron chi connectivity index (χ2n) is 5.09. The SMILES string of the molecule is CC(CCc1ccco1)NC1CSc2ccccc21. The molecule has 1 aromatic heterocycles. The fraction of sp³-hybridized carbons (Fsp3) is 0.375. The molecule has 0 aliphatic carbocycles. The van der Waals surface area contributed by atoms with Gasteiger partial charge in [0.15, 0.2) is 0 Å². The van der Waals surface area contributed by atoms with E-state index in [4.69, 9.17) is 4.42 Å². The third-order valence-corrected chi connectivity index (χ3v) is 4.77. The van der Waals surface area contributed by atoms with Gasteiger partial charge in [0.05, 0.1) is 6.26 Å². The van der Waals surface area contributed by atoms with Gasteiger partial charge in [0.1, 0.15) is 5.76 Å². The third kappa shape index (κ3) is 3.04. The van der Waals surface area contributed by atoms with Crippen LogP contribution in [0.2, 0.25) is 0 Å². The largest absolute Gasteiger partial charge is 0.469 e. The minimum atomic E-state index is 0.493. The predicted molar refractivity (Wildman–Crippen MR) is 79.5 cm³/mol. The van der Waals surface area contributed by atoms with E-state index in [0.717, 1.165) is 24.4 Å². The molecule has 19 heavy (non-hydrogen) atoms. The van der Waals surface area contributed by atoms with Gasteiger partial charge < -0.3 is 9.73 Å². The minimum absolute atomic E-state index is 0.493. The van der Waals surface area contributed by atoms with Crippen molar-refractivity contribution in [2.75, 3.05) is 5.75 Å². The van der Waals surface area contributed by atoms with Gasteiger partial charge >= 0.3 is 0 Å². The summed E-state index contributed by atoms with van der Waals surface area (Å²) < 4.78 is 5.38. The molecule has 0 bridgehead atoms. The van der Waals surface area contributed by atoms with Gasteiger partial charge in [-0.15, -0.1) is 11.8 Å². The quantitative estimate of drug-likeness (QED) is 0.890. The Balaban J connectivity index is 1.54. The zero-order valence-electron chi connectivity index (χ0n) is 11.1. The fourth-order valence-corrected chi connectivity index (χ4v) is 3.71. The maximum atomic E-state index is 5.38. The van der Waals surface area contributed by atoms with Crippen molar-refractivity contribution < 1.29 is 4.42 Å². The van der Waals surface area contributed by atoms with Crippen molar-refractivity contribution in [1.82, 2.24) is 5.32 Å².